The van der Waals surface area contributed by atoms with Crippen LogP contribution in [0, 0.1) is 0 Å². The van der Waals surface area contributed by atoms with Crippen LogP contribution >= 0.6 is 0 Å². The Morgan fingerprint density at radius 2 is 1.83 bits per heavy atom. The highest BCUT2D eigenvalue weighted by molar-refractivity contribution is 6.00. The van der Waals surface area contributed by atoms with Crippen molar-refractivity contribution in [1.82, 2.24) is 5.32 Å². The number of rotatable bonds is 4. The van der Waals surface area contributed by atoms with E-state index in [4.69, 9.17) is 5.73 Å². The first-order valence-corrected chi connectivity index (χ1v) is 8.14. The van der Waals surface area contributed by atoms with Crippen LogP contribution in [-0.4, -0.2) is 24.9 Å². The van der Waals surface area contributed by atoms with Gasteiger partial charge in [-0.25, -0.2) is 0 Å². The third-order valence-corrected chi connectivity index (χ3v) is 4.26. The first-order chi connectivity index (χ1) is 11.7. The highest BCUT2D eigenvalue weighted by Crippen LogP contribution is 2.26. The lowest BCUT2D eigenvalue weighted by molar-refractivity contribution is -0.117. The van der Waals surface area contributed by atoms with Gasteiger partial charge in [0.15, 0.2) is 0 Å². The Balaban J connectivity index is 1.62. The molecule has 5 nitrogen and oxygen atoms in total. The maximum Gasteiger partial charge on any atom is 0.251 e. The minimum Gasteiger partial charge on any atom is -0.343 e. The number of aryl methyl sites for hydroxylation is 1. The molecule has 1 heterocycles. The number of para-hydroxylation sites is 1. The van der Waals surface area contributed by atoms with Crippen molar-refractivity contribution in [2.45, 2.75) is 19.4 Å². The minimum absolute atomic E-state index is 0.00813. The van der Waals surface area contributed by atoms with Gasteiger partial charge in [0, 0.05) is 24.3 Å². The second-order valence-electron chi connectivity index (χ2n) is 5.86. The molecule has 2 aromatic carbocycles. The fourth-order valence-electron chi connectivity index (χ4n) is 2.94. The molecule has 0 spiro atoms. The molecule has 24 heavy (non-hydrogen) atoms. The summed E-state index contributed by atoms with van der Waals surface area (Å²) < 4.78 is 0. The van der Waals surface area contributed by atoms with Gasteiger partial charge in [0.1, 0.15) is 0 Å². The molecule has 5 heteroatoms. The van der Waals surface area contributed by atoms with Gasteiger partial charge < -0.3 is 16.0 Å². The normalized spacial score (nSPS) is 13.3. The lowest BCUT2D eigenvalue weighted by Gasteiger charge is -2.29. The maximum absolute atomic E-state index is 12.5. The molecule has 2 aromatic rings. The molecule has 1 aliphatic rings. The van der Waals surface area contributed by atoms with Gasteiger partial charge in [-0.05, 0) is 42.2 Å². The zero-order chi connectivity index (χ0) is 16.9. The lowest BCUT2D eigenvalue weighted by atomic mass is 10.0. The van der Waals surface area contributed by atoms with Crippen molar-refractivity contribution < 1.29 is 9.59 Å². The van der Waals surface area contributed by atoms with Crippen LogP contribution < -0.4 is 16.0 Å². The first kappa shape index (κ1) is 16.2. The van der Waals surface area contributed by atoms with Crippen molar-refractivity contribution in [3.8, 4) is 0 Å². The fraction of sp³-hybridized carbons (Fsp3) is 0.263. The van der Waals surface area contributed by atoms with Crippen LogP contribution in [0.25, 0.3) is 0 Å². The zero-order valence-electron chi connectivity index (χ0n) is 13.5. The van der Waals surface area contributed by atoms with Gasteiger partial charge in [-0.2, -0.15) is 0 Å². The molecule has 2 amide bonds. The SMILES string of the molecule is NCc1ccc(C(=O)NCC(=O)N2CCCc3ccccc32)cc1. The molecule has 0 saturated heterocycles. The topological polar surface area (TPSA) is 75.4 Å². The number of hydrogen-bond donors (Lipinski definition) is 2. The Morgan fingerprint density at radius 1 is 1.08 bits per heavy atom. The zero-order valence-corrected chi connectivity index (χ0v) is 13.5. The number of anilines is 1. The summed E-state index contributed by atoms with van der Waals surface area (Å²) in [6.45, 7) is 1.12. The van der Waals surface area contributed by atoms with Crippen molar-refractivity contribution in [1.29, 1.82) is 0 Å². The van der Waals surface area contributed by atoms with E-state index in [0.29, 0.717) is 18.7 Å². The van der Waals surface area contributed by atoms with Gasteiger partial charge in [-0.3, -0.25) is 9.59 Å². The number of hydrogen-bond acceptors (Lipinski definition) is 3. The first-order valence-electron chi connectivity index (χ1n) is 8.14. The smallest absolute Gasteiger partial charge is 0.251 e. The Bertz CT molecular complexity index is 741. The summed E-state index contributed by atoms with van der Waals surface area (Å²) in [5, 5.41) is 2.70. The van der Waals surface area contributed by atoms with Crippen LogP contribution in [0.15, 0.2) is 48.5 Å². The largest absolute Gasteiger partial charge is 0.343 e. The molecule has 1 aliphatic heterocycles. The van der Waals surface area contributed by atoms with Crippen molar-refractivity contribution in [3.63, 3.8) is 0 Å². The number of amides is 2. The van der Waals surface area contributed by atoms with E-state index in [9.17, 15) is 9.59 Å². The number of fused-ring (bicyclic) bond motifs is 1. The summed E-state index contributed by atoms with van der Waals surface area (Å²) in [6, 6.07) is 15.0. The molecule has 3 N–H and O–H groups in total. The molecule has 0 fully saturated rings. The number of carbonyl (C=O) groups is 2. The number of nitrogens with one attached hydrogen (secondary N) is 1. The monoisotopic (exact) mass is 323 g/mol. The van der Waals surface area contributed by atoms with Gasteiger partial charge in [0.05, 0.1) is 6.54 Å². The van der Waals surface area contributed by atoms with E-state index in [1.165, 1.54) is 5.56 Å². The second kappa shape index (κ2) is 7.27. The quantitative estimate of drug-likeness (QED) is 0.902. The van der Waals surface area contributed by atoms with E-state index in [1.54, 1.807) is 17.0 Å². The molecule has 0 aliphatic carbocycles. The third kappa shape index (κ3) is 3.46. The lowest BCUT2D eigenvalue weighted by Crippen LogP contribution is -2.42. The number of nitrogens with two attached hydrogens (primary N) is 1. The van der Waals surface area contributed by atoms with Crippen molar-refractivity contribution in [3.05, 3.63) is 65.2 Å². The van der Waals surface area contributed by atoms with Gasteiger partial charge >= 0.3 is 0 Å². The van der Waals surface area contributed by atoms with E-state index in [0.717, 1.165) is 24.1 Å². The molecule has 0 unspecified atom stereocenters. The van der Waals surface area contributed by atoms with E-state index < -0.39 is 0 Å². The van der Waals surface area contributed by atoms with Gasteiger partial charge in [-0.15, -0.1) is 0 Å². The summed E-state index contributed by atoms with van der Waals surface area (Å²) in [5.41, 5.74) is 9.17. The number of carbonyl (C=O) groups excluding carboxylic acids is 2. The van der Waals surface area contributed by atoms with E-state index in [2.05, 4.69) is 5.32 Å². The highest BCUT2D eigenvalue weighted by Gasteiger charge is 2.22. The second-order valence-corrected chi connectivity index (χ2v) is 5.86. The Morgan fingerprint density at radius 3 is 2.58 bits per heavy atom. The Labute approximate surface area is 141 Å². The van der Waals surface area contributed by atoms with Crippen LogP contribution in [0.3, 0.4) is 0 Å². The molecular weight excluding hydrogens is 302 g/mol. The summed E-state index contributed by atoms with van der Waals surface area (Å²) in [4.78, 5) is 26.4. The molecule has 124 valence electrons. The minimum atomic E-state index is -0.253. The third-order valence-electron chi connectivity index (χ3n) is 4.26. The maximum atomic E-state index is 12.5. The van der Waals surface area contributed by atoms with E-state index in [-0.39, 0.29) is 18.4 Å². The molecule has 0 bridgehead atoms. The van der Waals surface area contributed by atoms with Crippen molar-refractivity contribution in [2.24, 2.45) is 5.73 Å². The summed E-state index contributed by atoms with van der Waals surface area (Å²) in [7, 11) is 0. The highest BCUT2D eigenvalue weighted by atomic mass is 16.2. The predicted molar refractivity (Wildman–Crippen MR) is 93.8 cm³/mol. The summed E-state index contributed by atoms with van der Waals surface area (Å²) in [5.74, 6) is -0.341. The Kier molecular flexibility index (Phi) is 4.91. The van der Waals surface area contributed by atoms with E-state index in [1.807, 2.05) is 36.4 Å². The molecule has 3 rings (SSSR count). The molecule has 0 radical (unpaired) electrons. The molecule has 0 atom stereocenters. The van der Waals surface area contributed by atoms with Crippen LogP contribution in [0.5, 0.6) is 0 Å². The van der Waals surface area contributed by atoms with Crippen LogP contribution in [0.4, 0.5) is 5.69 Å². The fourth-order valence-corrected chi connectivity index (χ4v) is 2.94. The average molecular weight is 323 g/mol. The van der Waals surface area contributed by atoms with Gasteiger partial charge in [-0.1, -0.05) is 30.3 Å². The number of benzene rings is 2. The van der Waals surface area contributed by atoms with Crippen LogP contribution in [-0.2, 0) is 17.8 Å². The Hall–Kier alpha value is -2.66. The summed E-state index contributed by atoms with van der Waals surface area (Å²) in [6.07, 6.45) is 1.93. The van der Waals surface area contributed by atoms with Crippen molar-refractivity contribution in [2.75, 3.05) is 18.0 Å². The molecular formula is C19H21N3O2. The predicted octanol–water partition coefficient (Wildman–Crippen LogP) is 1.85. The van der Waals surface area contributed by atoms with Crippen LogP contribution in [0.1, 0.15) is 27.9 Å². The number of nitrogens with zero attached hydrogens (tertiary/aromatic N) is 1. The van der Waals surface area contributed by atoms with E-state index >= 15 is 0 Å². The van der Waals surface area contributed by atoms with Crippen molar-refractivity contribution >= 4 is 17.5 Å². The average Bonchev–Trinajstić information content (AvgIpc) is 2.65. The standard InChI is InChI=1S/C19H21N3O2/c20-12-14-7-9-16(10-8-14)19(24)21-13-18(23)22-11-3-5-15-4-1-2-6-17(15)22/h1-2,4,6-10H,3,5,11-13,20H2,(H,21,24). The van der Waals surface area contributed by atoms with Gasteiger partial charge in [0.25, 0.3) is 5.91 Å². The molecule has 0 aromatic heterocycles. The molecule has 0 saturated carbocycles. The van der Waals surface area contributed by atoms with Crippen LogP contribution in [0.2, 0.25) is 0 Å². The van der Waals surface area contributed by atoms with Gasteiger partial charge in [0.2, 0.25) is 5.91 Å². The summed E-state index contributed by atoms with van der Waals surface area (Å²) >= 11 is 0.